The Hall–Kier alpha value is -1.07. The van der Waals surface area contributed by atoms with Crippen molar-refractivity contribution in [1.29, 1.82) is 0 Å². The van der Waals surface area contributed by atoms with Crippen LogP contribution in [0.15, 0.2) is 22.7 Å². The molecule has 1 aromatic carbocycles. The predicted molar refractivity (Wildman–Crippen MR) is 80.3 cm³/mol. The van der Waals surface area contributed by atoms with Gasteiger partial charge in [0.15, 0.2) is 6.61 Å². The van der Waals surface area contributed by atoms with Crippen molar-refractivity contribution in [3.05, 3.63) is 28.2 Å². The number of carbonyl (C=O) groups excluding carboxylic acids is 1. The minimum atomic E-state index is -0.0151. The summed E-state index contributed by atoms with van der Waals surface area (Å²) in [6.45, 7) is 6.45. The van der Waals surface area contributed by atoms with Gasteiger partial charge >= 0.3 is 0 Å². The van der Waals surface area contributed by atoms with Crippen LogP contribution in [-0.4, -0.2) is 37.6 Å². The molecule has 0 radical (unpaired) electrons. The second kappa shape index (κ2) is 8.17. The molecular formula is C14H21BrN2O2. The van der Waals surface area contributed by atoms with Gasteiger partial charge in [0.1, 0.15) is 5.75 Å². The molecule has 4 nitrogen and oxygen atoms in total. The number of hydrogen-bond donors (Lipinski definition) is 1. The fraction of sp³-hybridized carbons (Fsp3) is 0.500. The van der Waals surface area contributed by atoms with Crippen molar-refractivity contribution in [1.82, 2.24) is 10.2 Å². The molecule has 0 spiro atoms. The first-order valence-corrected chi connectivity index (χ1v) is 7.23. The molecule has 0 aromatic heterocycles. The Morgan fingerprint density at radius 3 is 2.79 bits per heavy atom. The third kappa shape index (κ3) is 5.20. The van der Waals surface area contributed by atoms with Crippen LogP contribution >= 0.6 is 15.9 Å². The van der Waals surface area contributed by atoms with Crippen LogP contribution < -0.4 is 10.1 Å². The van der Waals surface area contributed by atoms with Gasteiger partial charge in [-0.05, 0) is 37.2 Å². The maximum Gasteiger partial charge on any atom is 0.260 e. The topological polar surface area (TPSA) is 41.6 Å². The molecule has 0 unspecified atom stereocenters. The summed E-state index contributed by atoms with van der Waals surface area (Å²) in [6.07, 6.45) is 0. The van der Waals surface area contributed by atoms with Crippen molar-refractivity contribution in [3.63, 3.8) is 0 Å². The van der Waals surface area contributed by atoms with Gasteiger partial charge in [-0.25, -0.2) is 0 Å². The molecule has 0 aliphatic heterocycles. The van der Waals surface area contributed by atoms with E-state index < -0.39 is 0 Å². The fourth-order valence-electron chi connectivity index (χ4n) is 1.47. The molecule has 0 saturated heterocycles. The average molecular weight is 329 g/mol. The van der Waals surface area contributed by atoms with Gasteiger partial charge in [0.05, 0.1) is 0 Å². The maximum atomic E-state index is 11.7. The number of carbonyl (C=O) groups is 1. The fourth-order valence-corrected chi connectivity index (χ4v) is 1.85. The van der Waals surface area contributed by atoms with Crippen LogP contribution in [-0.2, 0) is 11.3 Å². The lowest BCUT2D eigenvalue weighted by Gasteiger charge is -2.15. The number of nitrogens with one attached hydrogen (secondary N) is 1. The van der Waals surface area contributed by atoms with Crippen LogP contribution in [0.1, 0.15) is 19.4 Å². The lowest BCUT2D eigenvalue weighted by molar-refractivity contribution is -0.131. The zero-order chi connectivity index (χ0) is 14.3. The quantitative estimate of drug-likeness (QED) is 0.835. The summed E-state index contributed by atoms with van der Waals surface area (Å²) in [6, 6.07) is 5.75. The SMILES string of the molecule is CCNCc1cc(OCC(=O)N(C)CC)ccc1Br. The largest absolute Gasteiger partial charge is 0.484 e. The van der Waals surface area contributed by atoms with Crippen molar-refractivity contribution < 1.29 is 9.53 Å². The molecule has 5 heteroatoms. The highest BCUT2D eigenvalue weighted by Gasteiger charge is 2.08. The van der Waals surface area contributed by atoms with E-state index >= 15 is 0 Å². The predicted octanol–water partition coefficient (Wildman–Crippen LogP) is 2.42. The van der Waals surface area contributed by atoms with Crippen molar-refractivity contribution in [3.8, 4) is 5.75 Å². The Bertz CT molecular complexity index is 424. The zero-order valence-electron chi connectivity index (χ0n) is 11.7. The Kier molecular flexibility index (Phi) is 6.87. The van der Waals surface area contributed by atoms with E-state index in [1.807, 2.05) is 25.1 Å². The summed E-state index contributed by atoms with van der Waals surface area (Å²) < 4.78 is 6.57. The lowest BCUT2D eigenvalue weighted by atomic mass is 10.2. The number of benzene rings is 1. The normalized spacial score (nSPS) is 10.3. The van der Waals surface area contributed by atoms with E-state index in [0.29, 0.717) is 12.3 Å². The maximum absolute atomic E-state index is 11.7. The van der Waals surface area contributed by atoms with Gasteiger partial charge in [0.25, 0.3) is 5.91 Å². The molecule has 0 atom stereocenters. The van der Waals surface area contributed by atoms with Crippen molar-refractivity contribution in [2.45, 2.75) is 20.4 Å². The third-order valence-corrected chi connectivity index (χ3v) is 3.62. The Morgan fingerprint density at radius 1 is 1.42 bits per heavy atom. The van der Waals surface area contributed by atoms with Crippen molar-refractivity contribution in [2.24, 2.45) is 0 Å². The number of rotatable bonds is 7. The number of halogens is 1. The number of ether oxygens (including phenoxy) is 1. The Morgan fingerprint density at radius 2 is 2.16 bits per heavy atom. The molecule has 106 valence electrons. The molecule has 0 aliphatic rings. The third-order valence-electron chi connectivity index (χ3n) is 2.85. The first-order valence-electron chi connectivity index (χ1n) is 6.44. The van der Waals surface area contributed by atoms with E-state index in [1.165, 1.54) is 0 Å². The molecule has 1 amide bonds. The van der Waals surface area contributed by atoms with Crippen LogP contribution in [0, 0.1) is 0 Å². The summed E-state index contributed by atoms with van der Waals surface area (Å²) in [5.41, 5.74) is 1.12. The monoisotopic (exact) mass is 328 g/mol. The van der Waals surface area contributed by atoms with Gasteiger partial charge in [0, 0.05) is 24.6 Å². The molecular weight excluding hydrogens is 308 g/mol. The van der Waals surface area contributed by atoms with Gasteiger partial charge in [-0.3, -0.25) is 4.79 Å². The highest BCUT2D eigenvalue weighted by Crippen LogP contribution is 2.22. The van der Waals surface area contributed by atoms with Gasteiger partial charge in [-0.1, -0.05) is 22.9 Å². The van der Waals surface area contributed by atoms with Crippen LogP contribution in [0.3, 0.4) is 0 Å². The minimum Gasteiger partial charge on any atom is -0.484 e. The number of amides is 1. The van der Waals surface area contributed by atoms with E-state index in [-0.39, 0.29) is 12.5 Å². The molecule has 0 fully saturated rings. The standard InChI is InChI=1S/C14H21BrN2O2/c1-4-16-9-11-8-12(6-7-13(11)15)19-10-14(18)17(3)5-2/h6-8,16H,4-5,9-10H2,1-3H3. The zero-order valence-corrected chi connectivity index (χ0v) is 13.3. The van der Waals surface area contributed by atoms with Crippen LogP contribution in [0.4, 0.5) is 0 Å². The summed E-state index contributed by atoms with van der Waals surface area (Å²) in [5.74, 6) is 0.701. The van der Waals surface area contributed by atoms with Gasteiger partial charge in [0.2, 0.25) is 0 Å². The Balaban J connectivity index is 2.61. The molecule has 1 aromatic rings. The minimum absolute atomic E-state index is 0.0151. The summed E-state index contributed by atoms with van der Waals surface area (Å²) >= 11 is 3.50. The van der Waals surface area contributed by atoms with E-state index in [9.17, 15) is 4.79 Å². The van der Waals surface area contributed by atoms with Gasteiger partial charge < -0.3 is 15.0 Å². The summed E-state index contributed by atoms with van der Waals surface area (Å²) in [7, 11) is 1.77. The smallest absolute Gasteiger partial charge is 0.260 e. The van der Waals surface area contributed by atoms with Crippen molar-refractivity contribution in [2.75, 3.05) is 26.7 Å². The molecule has 0 aliphatic carbocycles. The van der Waals surface area contributed by atoms with Crippen LogP contribution in [0.2, 0.25) is 0 Å². The number of likely N-dealkylation sites (N-methyl/N-ethyl adjacent to an activating group) is 1. The van der Waals surface area contributed by atoms with Gasteiger partial charge in [-0.15, -0.1) is 0 Å². The van der Waals surface area contributed by atoms with Gasteiger partial charge in [-0.2, -0.15) is 0 Å². The molecule has 0 heterocycles. The van der Waals surface area contributed by atoms with Crippen LogP contribution in [0.5, 0.6) is 5.75 Å². The molecule has 0 bridgehead atoms. The molecule has 1 rings (SSSR count). The second-order valence-electron chi connectivity index (χ2n) is 4.23. The van der Waals surface area contributed by atoms with E-state index in [4.69, 9.17) is 4.74 Å². The van der Waals surface area contributed by atoms with Crippen molar-refractivity contribution >= 4 is 21.8 Å². The number of nitrogens with zero attached hydrogens (tertiary/aromatic N) is 1. The highest BCUT2D eigenvalue weighted by molar-refractivity contribution is 9.10. The second-order valence-corrected chi connectivity index (χ2v) is 5.08. The molecule has 1 N–H and O–H groups in total. The molecule has 0 saturated carbocycles. The average Bonchev–Trinajstić information content (AvgIpc) is 2.43. The van der Waals surface area contributed by atoms with Crippen LogP contribution in [0.25, 0.3) is 0 Å². The van der Waals surface area contributed by atoms with E-state index in [1.54, 1.807) is 11.9 Å². The summed E-state index contributed by atoms with van der Waals surface area (Å²) in [5, 5.41) is 3.26. The highest BCUT2D eigenvalue weighted by atomic mass is 79.9. The van der Waals surface area contributed by atoms with E-state index in [2.05, 4.69) is 28.2 Å². The van der Waals surface area contributed by atoms with E-state index in [0.717, 1.165) is 23.1 Å². The Labute approximate surface area is 123 Å². The lowest BCUT2D eigenvalue weighted by Crippen LogP contribution is -2.31. The molecule has 19 heavy (non-hydrogen) atoms. The first-order chi connectivity index (χ1) is 9.08. The first kappa shape index (κ1) is 16.0. The number of hydrogen-bond acceptors (Lipinski definition) is 3. The summed E-state index contributed by atoms with van der Waals surface area (Å²) in [4.78, 5) is 13.3.